The van der Waals surface area contributed by atoms with Crippen LogP contribution in [-0.2, 0) is 0 Å². The van der Waals surface area contributed by atoms with E-state index in [1.807, 2.05) is 0 Å². The summed E-state index contributed by atoms with van der Waals surface area (Å²) in [5.74, 6) is 0.881. The van der Waals surface area contributed by atoms with E-state index in [2.05, 4.69) is 26.1 Å². The van der Waals surface area contributed by atoms with Crippen LogP contribution in [0.4, 0.5) is 0 Å². The van der Waals surface area contributed by atoms with Crippen molar-refractivity contribution < 1.29 is 0 Å². The molecule has 1 heterocycles. The molecule has 0 bridgehead atoms. The molecule has 1 aliphatic heterocycles. The van der Waals surface area contributed by atoms with Crippen molar-refractivity contribution in [3.63, 3.8) is 0 Å². The highest BCUT2D eigenvalue weighted by atomic mass is 15.0. The van der Waals surface area contributed by atoms with Crippen molar-refractivity contribution >= 4 is 0 Å². The Balaban J connectivity index is 2.02. The molecule has 1 fully saturated rings. The minimum atomic E-state index is 0.648. The Bertz CT molecular complexity index is 114. The Morgan fingerprint density at radius 2 is 2.00 bits per heavy atom. The van der Waals surface area contributed by atoms with Gasteiger partial charge in [0.25, 0.3) is 0 Å². The maximum Gasteiger partial charge on any atom is 0.00176 e. The van der Waals surface area contributed by atoms with E-state index in [-0.39, 0.29) is 0 Å². The fourth-order valence-electron chi connectivity index (χ4n) is 1.67. The molecule has 1 saturated heterocycles. The first-order valence-electron chi connectivity index (χ1n) is 4.83. The maximum absolute atomic E-state index is 3.34. The fourth-order valence-corrected chi connectivity index (χ4v) is 1.67. The van der Waals surface area contributed by atoms with Gasteiger partial charge in [-0.3, -0.25) is 0 Å². The first-order chi connectivity index (χ1) is 5.12. The standard InChI is InChI=1S/C10H21N/c1-9(2)5-4-6-10(3)7-11-8-10/h9,11H,4-8H2,1-3H3. The lowest BCUT2D eigenvalue weighted by atomic mass is 9.79. The lowest BCUT2D eigenvalue weighted by Gasteiger charge is -2.39. The average Bonchev–Trinajstić information content (AvgIpc) is 1.83. The van der Waals surface area contributed by atoms with Crippen molar-refractivity contribution in [2.75, 3.05) is 13.1 Å². The minimum Gasteiger partial charge on any atom is -0.316 e. The molecule has 0 aromatic rings. The first-order valence-corrected chi connectivity index (χ1v) is 4.83. The van der Waals surface area contributed by atoms with E-state index >= 15 is 0 Å². The van der Waals surface area contributed by atoms with E-state index < -0.39 is 0 Å². The third-order valence-electron chi connectivity index (χ3n) is 2.67. The summed E-state index contributed by atoms with van der Waals surface area (Å²) in [6.45, 7) is 9.49. The first kappa shape index (κ1) is 9.05. The van der Waals surface area contributed by atoms with Crippen LogP contribution in [-0.4, -0.2) is 13.1 Å². The Morgan fingerprint density at radius 1 is 1.36 bits per heavy atom. The molecule has 1 nitrogen and oxygen atoms in total. The smallest absolute Gasteiger partial charge is 0.00176 e. The summed E-state index contributed by atoms with van der Waals surface area (Å²) in [5, 5.41) is 3.34. The molecular weight excluding hydrogens is 134 g/mol. The van der Waals surface area contributed by atoms with Crippen LogP contribution in [0.5, 0.6) is 0 Å². The van der Waals surface area contributed by atoms with Gasteiger partial charge in [0, 0.05) is 13.1 Å². The normalized spacial score (nSPS) is 21.8. The molecule has 0 amide bonds. The molecule has 0 radical (unpaired) electrons. The Morgan fingerprint density at radius 3 is 2.36 bits per heavy atom. The van der Waals surface area contributed by atoms with Gasteiger partial charge in [0.2, 0.25) is 0 Å². The third kappa shape index (κ3) is 2.82. The molecular formula is C10H21N. The summed E-state index contributed by atoms with van der Waals surface area (Å²) in [6.07, 6.45) is 4.23. The van der Waals surface area contributed by atoms with E-state index in [1.165, 1.54) is 32.4 Å². The van der Waals surface area contributed by atoms with Crippen LogP contribution in [0.15, 0.2) is 0 Å². The summed E-state index contributed by atoms with van der Waals surface area (Å²) in [5.41, 5.74) is 0.648. The predicted molar refractivity (Wildman–Crippen MR) is 49.7 cm³/mol. The molecule has 1 aliphatic rings. The summed E-state index contributed by atoms with van der Waals surface area (Å²) >= 11 is 0. The van der Waals surface area contributed by atoms with Gasteiger partial charge in [0.1, 0.15) is 0 Å². The molecule has 0 unspecified atom stereocenters. The molecule has 1 rings (SSSR count). The topological polar surface area (TPSA) is 12.0 Å². The average molecular weight is 155 g/mol. The number of nitrogens with one attached hydrogen (secondary N) is 1. The van der Waals surface area contributed by atoms with Gasteiger partial charge in [-0.2, -0.15) is 0 Å². The monoisotopic (exact) mass is 155 g/mol. The lowest BCUT2D eigenvalue weighted by molar-refractivity contribution is 0.172. The van der Waals surface area contributed by atoms with Crippen molar-refractivity contribution in [3.8, 4) is 0 Å². The third-order valence-corrected chi connectivity index (χ3v) is 2.67. The molecule has 0 saturated carbocycles. The van der Waals surface area contributed by atoms with Crippen LogP contribution >= 0.6 is 0 Å². The SMILES string of the molecule is CC(C)CCCC1(C)CNC1. The highest BCUT2D eigenvalue weighted by Gasteiger charge is 2.30. The second-order valence-electron chi connectivity index (χ2n) is 4.70. The van der Waals surface area contributed by atoms with Crippen molar-refractivity contribution in [3.05, 3.63) is 0 Å². The fraction of sp³-hybridized carbons (Fsp3) is 1.00. The molecule has 66 valence electrons. The zero-order valence-corrected chi connectivity index (χ0v) is 8.11. The lowest BCUT2D eigenvalue weighted by Crippen LogP contribution is -2.51. The van der Waals surface area contributed by atoms with E-state index in [0.717, 1.165) is 5.92 Å². The Kier molecular flexibility index (Phi) is 2.94. The van der Waals surface area contributed by atoms with Crippen LogP contribution in [0.3, 0.4) is 0 Å². The highest BCUT2D eigenvalue weighted by Crippen LogP contribution is 2.28. The van der Waals surface area contributed by atoms with Crippen molar-refractivity contribution in [2.24, 2.45) is 11.3 Å². The summed E-state index contributed by atoms with van der Waals surface area (Å²) in [6, 6.07) is 0. The van der Waals surface area contributed by atoms with E-state index in [0.29, 0.717) is 5.41 Å². The second kappa shape index (κ2) is 3.57. The molecule has 0 spiro atoms. The van der Waals surface area contributed by atoms with Gasteiger partial charge in [0.15, 0.2) is 0 Å². The maximum atomic E-state index is 3.34. The summed E-state index contributed by atoms with van der Waals surface area (Å²) in [7, 11) is 0. The van der Waals surface area contributed by atoms with Crippen LogP contribution in [0.2, 0.25) is 0 Å². The van der Waals surface area contributed by atoms with E-state index in [1.54, 1.807) is 0 Å². The summed E-state index contributed by atoms with van der Waals surface area (Å²) in [4.78, 5) is 0. The number of hydrogen-bond donors (Lipinski definition) is 1. The largest absolute Gasteiger partial charge is 0.316 e. The van der Waals surface area contributed by atoms with Crippen molar-refractivity contribution in [1.29, 1.82) is 0 Å². The van der Waals surface area contributed by atoms with Gasteiger partial charge in [-0.05, 0) is 17.8 Å². The van der Waals surface area contributed by atoms with Gasteiger partial charge >= 0.3 is 0 Å². The zero-order valence-electron chi connectivity index (χ0n) is 8.11. The zero-order chi connectivity index (χ0) is 8.32. The van der Waals surface area contributed by atoms with Gasteiger partial charge in [0.05, 0.1) is 0 Å². The minimum absolute atomic E-state index is 0.648. The summed E-state index contributed by atoms with van der Waals surface area (Å²) < 4.78 is 0. The molecule has 11 heavy (non-hydrogen) atoms. The van der Waals surface area contributed by atoms with Crippen LogP contribution in [0.25, 0.3) is 0 Å². The molecule has 0 atom stereocenters. The van der Waals surface area contributed by atoms with Gasteiger partial charge in [-0.25, -0.2) is 0 Å². The quantitative estimate of drug-likeness (QED) is 0.657. The predicted octanol–water partition coefficient (Wildman–Crippen LogP) is 2.42. The van der Waals surface area contributed by atoms with E-state index in [4.69, 9.17) is 0 Å². The molecule has 1 heteroatoms. The molecule has 1 N–H and O–H groups in total. The van der Waals surface area contributed by atoms with Crippen molar-refractivity contribution in [1.82, 2.24) is 5.32 Å². The second-order valence-corrected chi connectivity index (χ2v) is 4.70. The number of hydrogen-bond acceptors (Lipinski definition) is 1. The highest BCUT2D eigenvalue weighted by molar-refractivity contribution is 4.87. The number of rotatable bonds is 4. The van der Waals surface area contributed by atoms with Gasteiger partial charge < -0.3 is 5.32 Å². The molecule has 0 aromatic carbocycles. The Hall–Kier alpha value is -0.0400. The van der Waals surface area contributed by atoms with E-state index in [9.17, 15) is 0 Å². The van der Waals surface area contributed by atoms with Crippen LogP contribution < -0.4 is 5.32 Å². The van der Waals surface area contributed by atoms with Crippen LogP contribution in [0.1, 0.15) is 40.0 Å². The van der Waals surface area contributed by atoms with Crippen LogP contribution in [0, 0.1) is 11.3 Å². The molecule has 0 aliphatic carbocycles. The van der Waals surface area contributed by atoms with Gasteiger partial charge in [-0.1, -0.05) is 33.6 Å². The molecule has 0 aromatic heterocycles. The van der Waals surface area contributed by atoms with Gasteiger partial charge in [-0.15, -0.1) is 0 Å². The van der Waals surface area contributed by atoms with Crippen molar-refractivity contribution in [2.45, 2.75) is 40.0 Å². The Labute approximate surface area is 70.6 Å².